The van der Waals surface area contributed by atoms with Gasteiger partial charge < -0.3 is 35.0 Å². The van der Waals surface area contributed by atoms with Crippen LogP contribution in [0.25, 0.3) is 21.7 Å². The van der Waals surface area contributed by atoms with E-state index in [9.17, 15) is 19.5 Å². The van der Waals surface area contributed by atoms with Crippen LogP contribution < -0.4 is 20.3 Å². The van der Waals surface area contributed by atoms with E-state index >= 15 is 0 Å². The first kappa shape index (κ1) is 42.2. The van der Waals surface area contributed by atoms with E-state index in [1.807, 2.05) is 88.7 Å². The highest BCUT2D eigenvalue weighted by Crippen LogP contribution is 2.32. The zero-order valence-electron chi connectivity index (χ0n) is 33.8. The van der Waals surface area contributed by atoms with Gasteiger partial charge in [-0.15, -0.1) is 22.7 Å². The van der Waals surface area contributed by atoms with Crippen molar-refractivity contribution in [1.29, 1.82) is 0 Å². The number of anilines is 1. The number of aliphatic hydroxyl groups excluding tert-OH is 1. The lowest BCUT2D eigenvalue weighted by Gasteiger charge is -2.35. The molecule has 0 radical (unpaired) electrons. The Morgan fingerprint density at radius 3 is 2.46 bits per heavy atom. The fourth-order valence-corrected chi connectivity index (χ4v) is 9.07. The van der Waals surface area contributed by atoms with Gasteiger partial charge >= 0.3 is 0 Å². The van der Waals surface area contributed by atoms with Crippen molar-refractivity contribution in [3.8, 4) is 27.4 Å². The van der Waals surface area contributed by atoms with Crippen LogP contribution in [-0.4, -0.2) is 94.8 Å². The molecular formula is C43H56N6O6S2. The maximum Gasteiger partial charge on any atom is 0.246 e. The molecule has 2 aliphatic rings. The molecule has 5 atom stereocenters. The molecular weight excluding hydrogens is 761 g/mol. The van der Waals surface area contributed by atoms with Crippen LogP contribution in [0, 0.1) is 12.3 Å². The second-order valence-corrected chi connectivity index (χ2v) is 17.7. The highest BCUT2D eigenvalue weighted by atomic mass is 32.1. The number of aliphatic hydroxyl groups is 1. The summed E-state index contributed by atoms with van der Waals surface area (Å²) in [5, 5.41) is 19.7. The number of carbonyl (C=O) groups excluding carboxylic acids is 3. The van der Waals surface area contributed by atoms with Crippen LogP contribution in [0.15, 0.2) is 59.4 Å². The maximum absolute atomic E-state index is 14.1. The van der Waals surface area contributed by atoms with Crippen LogP contribution in [0.2, 0.25) is 0 Å². The number of hydrogen-bond acceptors (Lipinski definition) is 11. The van der Waals surface area contributed by atoms with Gasteiger partial charge in [-0.25, -0.2) is 9.97 Å². The molecule has 2 aromatic heterocycles. The average Bonchev–Trinajstić information content (AvgIpc) is 3.96. The molecule has 306 valence electrons. The maximum atomic E-state index is 14.1. The Kier molecular flexibility index (Phi) is 14.0. The van der Waals surface area contributed by atoms with E-state index < -0.39 is 23.6 Å². The number of rotatable bonds is 15. The quantitative estimate of drug-likeness (QED) is 0.111. The van der Waals surface area contributed by atoms with Crippen LogP contribution in [0.4, 0.5) is 5.13 Å². The van der Waals surface area contributed by atoms with Gasteiger partial charge in [0.1, 0.15) is 17.8 Å². The lowest BCUT2D eigenvalue weighted by Crippen LogP contribution is -2.57. The van der Waals surface area contributed by atoms with Crippen molar-refractivity contribution in [2.75, 3.05) is 37.8 Å². The van der Waals surface area contributed by atoms with Gasteiger partial charge in [-0.3, -0.25) is 14.4 Å². The van der Waals surface area contributed by atoms with Gasteiger partial charge in [0, 0.05) is 36.9 Å². The first-order chi connectivity index (χ1) is 27.3. The summed E-state index contributed by atoms with van der Waals surface area (Å²) in [4.78, 5) is 55.0. The monoisotopic (exact) mass is 816 g/mol. The third-order valence-corrected chi connectivity index (χ3v) is 12.6. The van der Waals surface area contributed by atoms with Gasteiger partial charge in [-0.1, -0.05) is 52.0 Å². The predicted molar refractivity (Wildman–Crippen MR) is 225 cm³/mol. The van der Waals surface area contributed by atoms with E-state index in [-0.39, 0.29) is 43.1 Å². The lowest BCUT2D eigenvalue weighted by molar-refractivity contribution is -0.144. The molecule has 0 spiro atoms. The van der Waals surface area contributed by atoms with Gasteiger partial charge in [0.15, 0.2) is 5.13 Å². The summed E-state index contributed by atoms with van der Waals surface area (Å²) in [5.74, 6) is -0.216. The normalized spacial score (nSPS) is 19.6. The molecule has 2 aliphatic heterocycles. The minimum Gasteiger partial charge on any atom is -0.494 e. The summed E-state index contributed by atoms with van der Waals surface area (Å²) >= 11 is 3.24. The van der Waals surface area contributed by atoms with E-state index in [1.54, 1.807) is 22.7 Å². The molecule has 2 fully saturated rings. The molecule has 3 amide bonds. The smallest absolute Gasteiger partial charge is 0.246 e. The van der Waals surface area contributed by atoms with Gasteiger partial charge in [-0.2, -0.15) is 0 Å². The Morgan fingerprint density at radius 2 is 1.77 bits per heavy atom. The number of morpholine rings is 1. The molecule has 4 heterocycles. The van der Waals surface area contributed by atoms with Crippen molar-refractivity contribution in [2.24, 2.45) is 5.41 Å². The molecule has 57 heavy (non-hydrogen) atoms. The van der Waals surface area contributed by atoms with Crippen molar-refractivity contribution in [3.63, 3.8) is 0 Å². The number of ether oxygens (including phenoxy) is 2. The lowest BCUT2D eigenvalue weighted by atomic mass is 9.85. The molecule has 12 nitrogen and oxygen atoms in total. The van der Waals surface area contributed by atoms with Crippen molar-refractivity contribution < 1.29 is 29.0 Å². The largest absolute Gasteiger partial charge is 0.494 e. The minimum atomic E-state index is -0.878. The van der Waals surface area contributed by atoms with Crippen molar-refractivity contribution in [2.45, 2.75) is 104 Å². The molecule has 2 aromatic carbocycles. The molecule has 0 saturated carbocycles. The number of aryl methyl sites for hydroxylation is 1. The number of aromatic nitrogens is 2. The second-order valence-electron chi connectivity index (χ2n) is 16.1. The third-order valence-electron chi connectivity index (χ3n) is 10.7. The highest BCUT2D eigenvalue weighted by Gasteiger charge is 2.44. The number of hydrogen-bond donors (Lipinski definition) is 3. The van der Waals surface area contributed by atoms with Gasteiger partial charge in [0.05, 0.1) is 59.8 Å². The first-order valence-corrected chi connectivity index (χ1v) is 21.7. The summed E-state index contributed by atoms with van der Waals surface area (Å²) in [6.07, 6.45) is 1.75. The molecule has 0 bridgehead atoms. The van der Waals surface area contributed by atoms with Gasteiger partial charge in [0.25, 0.3) is 0 Å². The number of benzene rings is 2. The molecule has 5 unspecified atom stereocenters. The Bertz CT molecular complexity index is 1960. The SMILES string of the molecule is CCC1COCCN1c1nc(-c2ccc(OCCCCC(=O)NC(C(=O)N3CC(O)CC3C(=O)NC(C)c3ccc(-c4scnc4C)cc3)C(C)(C)C)cc2)cs1. The minimum absolute atomic E-state index is 0.0214. The summed E-state index contributed by atoms with van der Waals surface area (Å²) in [6.45, 7) is 14.5. The predicted octanol–water partition coefficient (Wildman–Crippen LogP) is 6.78. The van der Waals surface area contributed by atoms with Crippen LogP contribution in [0.3, 0.4) is 0 Å². The fraction of sp³-hybridized carbons (Fsp3) is 0.512. The van der Waals surface area contributed by atoms with Gasteiger partial charge in [0.2, 0.25) is 17.7 Å². The first-order valence-electron chi connectivity index (χ1n) is 19.9. The fourth-order valence-electron chi connectivity index (χ4n) is 7.32. The zero-order chi connectivity index (χ0) is 40.7. The van der Waals surface area contributed by atoms with Crippen molar-refractivity contribution >= 4 is 45.5 Å². The van der Waals surface area contributed by atoms with E-state index in [4.69, 9.17) is 14.5 Å². The third kappa shape index (κ3) is 10.6. The van der Waals surface area contributed by atoms with E-state index in [0.29, 0.717) is 25.5 Å². The second kappa shape index (κ2) is 18.9. The molecule has 4 aromatic rings. The Hall–Kier alpha value is -4.37. The summed E-state index contributed by atoms with van der Waals surface area (Å²) in [5.41, 5.74) is 6.12. The molecule has 2 saturated heterocycles. The number of amides is 3. The number of nitrogens with one attached hydrogen (secondary N) is 2. The molecule has 3 N–H and O–H groups in total. The summed E-state index contributed by atoms with van der Waals surface area (Å²) in [6, 6.07) is 14.2. The number of unbranched alkanes of at least 4 members (excludes halogenated alkanes) is 1. The number of carbonyl (C=O) groups is 3. The number of likely N-dealkylation sites (tertiary alicyclic amines) is 1. The summed E-state index contributed by atoms with van der Waals surface area (Å²) in [7, 11) is 0. The molecule has 0 aliphatic carbocycles. The van der Waals surface area contributed by atoms with Gasteiger partial charge in [-0.05, 0) is 73.9 Å². The number of β-amino-alcohol motifs (C(OH)–C–C–N with tert-alkyl or cyclic N) is 1. The number of nitrogens with zero attached hydrogens (tertiary/aromatic N) is 4. The average molecular weight is 817 g/mol. The standard InChI is InChI=1S/C43H56N6O6S2/c1-7-32-24-54-21-19-48(32)42-46-35(25-56-42)30-15-17-34(18-16-30)55-20-9-8-10-37(51)47-39(43(4,5)6)41(53)49-23-33(50)22-36(49)40(52)45-27(2)29-11-13-31(14-12-29)38-28(3)44-26-57-38/h11-18,25-27,32-33,36,39,50H,7-10,19-24H2,1-6H3,(H,45,52)(H,47,51). The van der Waals surface area contributed by atoms with Crippen LogP contribution in [0.1, 0.15) is 84.0 Å². The van der Waals surface area contributed by atoms with Crippen LogP contribution in [0.5, 0.6) is 5.75 Å². The Labute approximate surface area is 344 Å². The Balaban J connectivity index is 0.963. The zero-order valence-corrected chi connectivity index (χ0v) is 35.5. The van der Waals surface area contributed by atoms with E-state index in [1.165, 1.54) is 4.90 Å². The van der Waals surface area contributed by atoms with Crippen LogP contribution in [-0.2, 0) is 19.1 Å². The Morgan fingerprint density at radius 1 is 1.04 bits per heavy atom. The molecule has 14 heteroatoms. The van der Waals surface area contributed by atoms with E-state index in [2.05, 4.69) is 32.8 Å². The topological polar surface area (TPSA) is 146 Å². The molecule has 6 rings (SSSR count). The van der Waals surface area contributed by atoms with Crippen molar-refractivity contribution in [3.05, 3.63) is 70.7 Å². The number of thiazole rings is 2. The van der Waals surface area contributed by atoms with E-state index in [0.717, 1.165) is 70.0 Å². The summed E-state index contributed by atoms with van der Waals surface area (Å²) < 4.78 is 11.6. The highest BCUT2D eigenvalue weighted by molar-refractivity contribution is 7.14. The van der Waals surface area contributed by atoms with Crippen molar-refractivity contribution in [1.82, 2.24) is 25.5 Å². The van der Waals surface area contributed by atoms with Crippen LogP contribution >= 0.6 is 22.7 Å².